The summed E-state index contributed by atoms with van der Waals surface area (Å²) in [4.78, 5) is 0. The van der Waals surface area contributed by atoms with Crippen molar-refractivity contribution in [1.29, 1.82) is 0 Å². The van der Waals surface area contributed by atoms with E-state index in [-0.39, 0.29) is 0 Å². The van der Waals surface area contributed by atoms with E-state index in [2.05, 4.69) is 16.4 Å². The molecule has 0 bridgehead atoms. The molecule has 2 aromatic rings. The molecular formula is C10H9N2O. The van der Waals surface area contributed by atoms with E-state index in [9.17, 15) is 0 Å². The maximum Gasteiger partial charge on any atom is 0.126 e. The molecule has 0 spiro atoms. The quantitative estimate of drug-likeness (QED) is 0.753. The molecule has 0 unspecified atom stereocenters. The van der Waals surface area contributed by atoms with Crippen LogP contribution < -0.4 is 4.74 Å². The van der Waals surface area contributed by atoms with Crippen molar-refractivity contribution in [1.82, 2.24) is 10.2 Å². The molecule has 1 aromatic carbocycles. The van der Waals surface area contributed by atoms with Crippen LogP contribution in [0.5, 0.6) is 5.75 Å². The monoisotopic (exact) mass is 173 g/mol. The number of benzene rings is 1. The molecule has 0 amide bonds. The number of aromatic nitrogens is 2. The van der Waals surface area contributed by atoms with Crippen LogP contribution in [-0.2, 0) is 0 Å². The highest BCUT2D eigenvalue weighted by Crippen LogP contribution is 2.27. The van der Waals surface area contributed by atoms with E-state index in [4.69, 9.17) is 4.74 Å². The summed E-state index contributed by atoms with van der Waals surface area (Å²) in [6.45, 7) is 0. The fourth-order valence-corrected chi connectivity index (χ4v) is 1.23. The first-order chi connectivity index (χ1) is 6.42. The second kappa shape index (κ2) is 3.31. The van der Waals surface area contributed by atoms with E-state index in [0.717, 1.165) is 16.9 Å². The molecule has 0 atom stereocenters. The Kier molecular flexibility index (Phi) is 2.00. The predicted molar refractivity (Wildman–Crippen MR) is 49.4 cm³/mol. The van der Waals surface area contributed by atoms with Crippen LogP contribution in [0.4, 0.5) is 0 Å². The Balaban J connectivity index is 2.51. The largest absolute Gasteiger partial charge is 0.496 e. The normalized spacial score (nSPS) is 9.92. The molecular weight excluding hydrogens is 164 g/mol. The zero-order chi connectivity index (χ0) is 9.10. The van der Waals surface area contributed by atoms with Gasteiger partial charge in [0, 0.05) is 17.3 Å². The highest BCUT2D eigenvalue weighted by Gasteiger charge is 2.04. The van der Waals surface area contributed by atoms with E-state index >= 15 is 0 Å². The van der Waals surface area contributed by atoms with Crippen LogP contribution >= 0.6 is 0 Å². The van der Waals surface area contributed by atoms with Gasteiger partial charge in [0.25, 0.3) is 0 Å². The standard InChI is InChI=1S/C10H9N2O/c1-13-10-5-3-2-4-9(10)8-6-11-12-7-8/h2-6H,1H3,(H,11,12). The highest BCUT2D eigenvalue weighted by atomic mass is 16.5. The van der Waals surface area contributed by atoms with Crippen LogP contribution in [0.1, 0.15) is 0 Å². The summed E-state index contributed by atoms with van der Waals surface area (Å²) in [6.07, 6.45) is 4.63. The first kappa shape index (κ1) is 7.86. The molecule has 2 rings (SSSR count). The van der Waals surface area contributed by atoms with Gasteiger partial charge < -0.3 is 4.74 Å². The lowest BCUT2D eigenvalue weighted by molar-refractivity contribution is 0.416. The molecule has 1 radical (unpaired) electrons. The van der Waals surface area contributed by atoms with Crippen LogP contribution in [0.15, 0.2) is 30.5 Å². The molecule has 0 aliphatic carbocycles. The Bertz CT molecular complexity index is 382. The van der Waals surface area contributed by atoms with Crippen LogP contribution in [0.3, 0.4) is 0 Å². The molecule has 65 valence electrons. The average Bonchev–Trinajstić information content (AvgIpc) is 2.70. The molecule has 0 saturated carbocycles. The van der Waals surface area contributed by atoms with Crippen molar-refractivity contribution in [3.63, 3.8) is 0 Å². The lowest BCUT2D eigenvalue weighted by atomic mass is 10.1. The van der Waals surface area contributed by atoms with Crippen molar-refractivity contribution in [3.05, 3.63) is 36.7 Å². The molecule has 0 aliphatic heterocycles. The maximum absolute atomic E-state index is 5.21. The fourth-order valence-electron chi connectivity index (χ4n) is 1.23. The number of H-pyrrole nitrogens is 1. The second-order valence-electron chi connectivity index (χ2n) is 2.61. The van der Waals surface area contributed by atoms with Gasteiger partial charge in [0.1, 0.15) is 11.9 Å². The molecule has 3 heteroatoms. The number of nitrogens with zero attached hydrogens (tertiary/aromatic N) is 1. The first-order valence-electron chi connectivity index (χ1n) is 3.96. The number of nitrogens with one attached hydrogen (secondary N) is 1. The van der Waals surface area contributed by atoms with E-state index in [1.54, 1.807) is 13.3 Å². The number of hydrogen-bond acceptors (Lipinski definition) is 2. The van der Waals surface area contributed by atoms with Gasteiger partial charge in [0.05, 0.1) is 7.11 Å². The fraction of sp³-hybridized carbons (Fsp3) is 0.100. The molecule has 0 saturated heterocycles. The van der Waals surface area contributed by atoms with Crippen molar-refractivity contribution in [2.45, 2.75) is 0 Å². The van der Waals surface area contributed by atoms with Crippen LogP contribution in [-0.4, -0.2) is 17.3 Å². The SMILES string of the molecule is COc1ccccc1-c1[c]n[nH]c1. The summed E-state index contributed by atoms with van der Waals surface area (Å²) in [5, 5.41) is 6.49. The number of para-hydroxylation sites is 1. The minimum Gasteiger partial charge on any atom is -0.496 e. The Morgan fingerprint density at radius 3 is 2.92 bits per heavy atom. The van der Waals surface area contributed by atoms with E-state index < -0.39 is 0 Å². The smallest absolute Gasteiger partial charge is 0.126 e. The number of hydrogen-bond donors (Lipinski definition) is 1. The topological polar surface area (TPSA) is 37.9 Å². The number of methoxy groups -OCH3 is 1. The van der Waals surface area contributed by atoms with Crippen LogP contribution in [0, 0.1) is 6.20 Å². The zero-order valence-electron chi connectivity index (χ0n) is 7.24. The molecule has 3 nitrogen and oxygen atoms in total. The molecule has 13 heavy (non-hydrogen) atoms. The predicted octanol–water partition coefficient (Wildman–Crippen LogP) is 1.89. The van der Waals surface area contributed by atoms with Gasteiger partial charge in [-0.15, -0.1) is 0 Å². The minimum absolute atomic E-state index is 0.833. The van der Waals surface area contributed by atoms with Crippen LogP contribution in [0.2, 0.25) is 0 Å². The summed E-state index contributed by atoms with van der Waals surface area (Å²) in [6, 6.07) is 7.78. The third-order valence-electron chi connectivity index (χ3n) is 1.85. The van der Waals surface area contributed by atoms with E-state index in [0.29, 0.717) is 0 Å². The summed E-state index contributed by atoms with van der Waals surface area (Å²) < 4.78 is 5.21. The molecule has 1 N–H and O–H groups in total. The van der Waals surface area contributed by atoms with Gasteiger partial charge in [-0.25, -0.2) is 0 Å². The second-order valence-corrected chi connectivity index (χ2v) is 2.61. The summed E-state index contributed by atoms with van der Waals surface area (Å²) in [5.74, 6) is 0.833. The maximum atomic E-state index is 5.21. The van der Waals surface area contributed by atoms with Gasteiger partial charge in [-0.3, -0.25) is 5.10 Å². The van der Waals surface area contributed by atoms with Gasteiger partial charge >= 0.3 is 0 Å². The zero-order valence-corrected chi connectivity index (χ0v) is 7.24. The summed E-state index contributed by atoms with van der Waals surface area (Å²) >= 11 is 0. The van der Waals surface area contributed by atoms with Gasteiger partial charge in [0.15, 0.2) is 0 Å². The van der Waals surface area contributed by atoms with Crippen molar-refractivity contribution in [2.75, 3.05) is 7.11 Å². The molecule has 1 heterocycles. The Morgan fingerprint density at radius 1 is 1.38 bits per heavy atom. The summed E-state index contributed by atoms with van der Waals surface area (Å²) in [7, 11) is 1.65. The van der Waals surface area contributed by atoms with Gasteiger partial charge in [0.2, 0.25) is 0 Å². The minimum atomic E-state index is 0.833. The summed E-state index contributed by atoms with van der Waals surface area (Å²) in [5.41, 5.74) is 1.91. The van der Waals surface area contributed by atoms with Crippen molar-refractivity contribution < 1.29 is 4.74 Å². The molecule has 0 aliphatic rings. The number of aromatic amines is 1. The van der Waals surface area contributed by atoms with Gasteiger partial charge in [-0.05, 0) is 6.07 Å². The van der Waals surface area contributed by atoms with Crippen molar-refractivity contribution in [2.24, 2.45) is 0 Å². The Morgan fingerprint density at radius 2 is 2.23 bits per heavy atom. The van der Waals surface area contributed by atoms with Gasteiger partial charge in [-0.1, -0.05) is 18.2 Å². The number of ether oxygens (including phenoxy) is 1. The van der Waals surface area contributed by atoms with E-state index in [1.807, 2.05) is 24.3 Å². The average molecular weight is 173 g/mol. The third-order valence-corrected chi connectivity index (χ3v) is 1.85. The van der Waals surface area contributed by atoms with Crippen molar-refractivity contribution >= 4 is 0 Å². The first-order valence-corrected chi connectivity index (χ1v) is 3.96. The Hall–Kier alpha value is -1.77. The van der Waals surface area contributed by atoms with Gasteiger partial charge in [-0.2, -0.15) is 5.10 Å². The highest BCUT2D eigenvalue weighted by molar-refractivity contribution is 5.68. The third kappa shape index (κ3) is 1.40. The van der Waals surface area contributed by atoms with Crippen molar-refractivity contribution in [3.8, 4) is 16.9 Å². The molecule has 0 fully saturated rings. The Labute approximate surface area is 76.4 Å². The molecule has 1 aromatic heterocycles. The lowest BCUT2D eigenvalue weighted by Crippen LogP contribution is -1.85. The number of rotatable bonds is 2. The van der Waals surface area contributed by atoms with E-state index in [1.165, 1.54) is 0 Å². The van der Waals surface area contributed by atoms with Crippen LogP contribution in [0.25, 0.3) is 11.1 Å². The lowest BCUT2D eigenvalue weighted by Gasteiger charge is -2.04.